The molecule has 0 aliphatic heterocycles. The van der Waals surface area contributed by atoms with Gasteiger partial charge >= 0.3 is 0 Å². The molecule has 2 aromatic heterocycles. The van der Waals surface area contributed by atoms with Crippen LogP contribution in [0.2, 0.25) is 0 Å². The van der Waals surface area contributed by atoms with Gasteiger partial charge in [-0.3, -0.25) is 15.1 Å². The van der Waals surface area contributed by atoms with E-state index in [1.807, 2.05) is 19.9 Å². The number of anilines is 2. The number of carbonyl (C=O) groups is 1. The minimum atomic E-state index is -3.36. The quantitative estimate of drug-likeness (QED) is 0.616. The van der Waals surface area contributed by atoms with Gasteiger partial charge in [0.15, 0.2) is 15.7 Å². The van der Waals surface area contributed by atoms with Crippen molar-refractivity contribution in [1.29, 1.82) is 0 Å². The summed E-state index contributed by atoms with van der Waals surface area (Å²) in [4.78, 5) is 30.1. The molecule has 0 aliphatic carbocycles. The summed E-state index contributed by atoms with van der Waals surface area (Å²) in [5.41, 5.74) is 1.38. The fourth-order valence-corrected chi connectivity index (χ4v) is 3.36. The molecule has 0 atom stereocenters. The molecule has 3 rings (SSSR count). The van der Waals surface area contributed by atoms with Crippen molar-refractivity contribution in [2.75, 3.05) is 16.9 Å². The summed E-state index contributed by atoms with van der Waals surface area (Å²) >= 11 is 0. The zero-order valence-electron chi connectivity index (χ0n) is 17.0. The second-order valence-electron chi connectivity index (χ2n) is 7.02. The van der Waals surface area contributed by atoms with E-state index in [1.165, 1.54) is 18.2 Å². The SMILES string of the molecule is Cc1cc(S(C)(=O)=O)ccc1C(=O)Nc1nc(NC(C)C)nc(-c2ccccn2)n1. The van der Waals surface area contributed by atoms with Gasteiger partial charge in [-0.1, -0.05) is 6.07 Å². The molecule has 0 radical (unpaired) electrons. The first-order valence-electron chi connectivity index (χ1n) is 9.19. The number of aryl methyl sites for hydroxylation is 1. The number of pyridine rings is 1. The molecule has 0 aliphatic rings. The Balaban J connectivity index is 1.94. The summed E-state index contributed by atoms with van der Waals surface area (Å²) in [7, 11) is -3.36. The van der Waals surface area contributed by atoms with E-state index in [1.54, 1.807) is 25.3 Å². The van der Waals surface area contributed by atoms with Gasteiger partial charge in [0.1, 0.15) is 5.69 Å². The molecule has 0 spiro atoms. The number of hydrogen-bond acceptors (Lipinski definition) is 8. The van der Waals surface area contributed by atoms with Crippen molar-refractivity contribution in [1.82, 2.24) is 19.9 Å². The maximum atomic E-state index is 12.8. The maximum absolute atomic E-state index is 12.8. The summed E-state index contributed by atoms with van der Waals surface area (Å²) in [5, 5.41) is 5.76. The lowest BCUT2D eigenvalue weighted by molar-refractivity contribution is 0.102. The van der Waals surface area contributed by atoms with Crippen LogP contribution in [0.3, 0.4) is 0 Å². The fourth-order valence-electron chi connectivity index (χ4n) is 2.65. The second-order valence-corrected chi connectivity index (χ2v) is 9.04. The fraction of sp³-hybridized carbons (Fsp3) is 0.250. The minimum absolute atomic E-state index is 0.0605. The first-order valence-corrected chi connectivity index (χ1v) is 11.1. The van der Waals surface area contributed by atoms with E-state index in [-0.39, 0.29) is 16.9 Å². The molecule has 1 amide bonds. The Hall–Kier alpha value is -3.40. The van der Waals surface area contributed by atoms with Crippen LogP contribution in [-0.4, -0.2) is 46.6 Å². The van der Waals surface area contributed by atoms with Crippen molar-refractivity contribution in [3.8, 4) is 11.5 Å². The Morgan fingerprint density at radius 1 is 1.03 bits per heavy atom. The number of nitrogens with one attached hydrogen (secondary N) is 2. The van der Waals surface area contributed by atoms with Crippen molar-refractivity contribution in [3.05, 3.63) is 53.7 Å². The van der Waals surface area contributed by atoms with E-state index in [0.29, 0.717) is 28.6 Å². The van der Waals surface area contributed by atoms with Crippen LogP contribution in [0.5, 0.6) is 0 Å². The van der Waals surface area contributed by atoms with E-state index in [0.717, 1.165) is 6.26 Å². The number of carbonyl (C=O) groups excluding carboxylic acids is 1. The molecule has 3 aromatic rings. The van der Waals surface area contributed by atoms with Crippen molar-refractivity contribution in [2.45, 2.75) is 31.7 Å². The van der Waals surface area contributed by atoms with Crippen LogP contribution in [-0.2, 0) is 9.84 Å². The van der Waals surface area contributed by atoms with Crippen LogP contribution in [0.4, 0.5) is 11.9 Å². The Morgan fingerprint density at radius 2 is 1.77 bits per heavy atom. The van der Waals surface area contributed by atoms with E-state index in [9.17, 15) is 13.2 Å². The molecule has 0 fully saturated rings. The van der Waals surface area contributed by atoms with Crippen LogP contribution < -0.4 is 10.6 Å². The summed E-state index contributed by atoms with van der Waals surface area (Å²) in [6, 6.07) is 9.75. The van der Waals surface area contributed by atoms with Crippen LogP contribution >= 0.6 is 0 Å². The Morgan fingerprint density at radius 3 is 2.37 bits per heavy atom. The Kier molecular flexibility index (Phi) is 6.06. The van der Waals surface area contributed by atoms with Crippen LogP contribution in [0, 0.1) is 6.92 Å². The third-order valence-corrected chi connectivity index (χ3v) is 5.15. The summed E-state index contributed by atoms with van der Waals surface area (Å²) < 4.78 is 23.4. The zero-order chi connectivity index (χ0) is 21.9. The van der Waals surface area contributed by atoms with Gasteiger partial charge < -0.3 is 5.32 Å². The highest BCUT2D eigenvalue weighted by molar-refractivity contribution is 7.90. The average Bonchev–Trinajstić information content (AvgIpc) is 2.67. The van der Waals surface area contributed by atoms with Crippen molar-refractivity contribution in [3.63, 3.8) is 0 Å². The molecule has 0 bridgehead atoms. The van der Waals surface area contributed by atoms with Gasteiger partial charge in [0.05, 0.1) is 4.90 Å². The minimum Gasteiger partial charge on any atom is -0.352 e. The third kappa shape index (κ3) is 5.15. The van der Waals surface area contributed by atoms with Gasteiger partial charge in [0.2, 0.25) is 11.9 Å². The largest absolute Gasteiger partial charge is 0.352 e. The van der Waals surface area contributed by atoms with Crippen molar-refractivity contribution in [2.24, 2.45) is 0 Å². The van der Waals surface area contributed by atoms with Crippen LogP contribution in [0.25, 0.3) is 11.5 Å². The Bertz CT molecular complexity index is 1180. The predicted octanol–water partition coefficient (Wildman–Crippen LogP) is 2.72. The average molecular weight is 427 g/mol. The second kappa shape index (κ2) is 8.54. The highest BCUT2D eigenvalue weighted by Crippen LogP contribution is 2.19. The van der Waals surface area contributed by atoms with Crippen molar-refractivity contribution < 1.29 is 13.2 Å². The molecule has 0 unspecified atom stereocenters. The van der Waals surface area contributed by atoms with Crippen LogP contribution in [0.1, 0.15) is 29.8 Å². The number of nitrogens with zero attached hydrogens (tertiary/aromatic N) is 4. The first-order chi connectivity index (χ1) is 14.1. The molecule has 0 saturated heterocycles. The lowest BCUT2D eigenvalue weighted by Gasteiger charge is -2.12. The first kappa shape index (κ1) is 21.3. The molecular formula is C20H22N6O3S. The van der Waals surface area contributed by atoms with E-state index >= 15 is 0 Å². The standard InChI is InChI=1S/C20H22N6O3S/c1-12(2)22-19-23-17(16-7-5-6-10-21-16)24-20(26-19)25-18(27)15-9-8-14(11-13(15)3)30(4,28)29/h5-12H,1-4H3,(H2,22,23,24,25,26,27). The highest BCUT2D eigenvalue weighted by Gasteiger charge is 2.16. The van der Waals surface area contributed by atoms with Gasteiger partial charge in [-0.05, 0) is 56.7 Å². The third-order valence-electron chi connectivity index (χ3n) is 4.04. The van der Waals surface area contributed by atoms with Gasteiger partial charge in [-0.25, -0.2) is 8.42 Å². The smallest absolute Gasteiger partial charge is 0.258 e. The number of hydrogen-bond donors (Lipinski definition) is 2. The number of amides is 1. The number of benzene rings is 1. The highest BCUT2D eigenvalue weighted by atomic mass is 32.2. The normalized spacial score (nSPS) is 11.4. The lowest BCUT2D eigenvalue weighted by Crippen LogP contribution is -2.19. The van der Waals surface area contributed by atoms with Crippen LogP contribution in [0.15, 0.2) is 47.5 Å². The van der Waals surface area contributed by atoms with Gasteiger partial charge in [0, 0.05) is 24.1 Å². The van der Waals surface area contributed by atoms with Gasteiger partial charge in [-0.2, -0.15) is 15.0 Å². The summed E-state index contributed by atoms with van der Waals surface area (Å²) in [6.07, 6.45) is 2.74. The van der Waals surface area contributed by atoms with Gasteiger partial charge in [-0.15, -0.1) is 0 Å². The number of aromatic nitrogens is 4. The van der Waals surface area contributed by atoms with E-state index in [2.05, 4.69) is 30.6 Å². The number of sulfone groups is 1. The molecule has 2 N–H and O–H groups in total. The van der Waals surface area contributed by atoms with Gasteiger partial charge in [0.25, 0.3) is 5.91 Å². The summed E-state index contributed by atoms with van der Waals surface area (Å²) in [6.45, 7) is 5.55. The molecule has 30 heavy (non-hydrogen) atoms. The molecule has 156 valence electrons. The molecule has 0 saturated carbocycles. The molecule has 9 nitrogen and oxygen atoms in total. The topological polar surface area (TPSA) is 127 Å². The summed E-state index contributed by atoms with van der Waals surface area (Å²) in [5.74, 6) is 0.222. The monoisotopic (exact) mass is 426 g/mol. The number of rotatable bonds is 6. The molecular weight excluding hydrogens is 404 g/mol. The van der Waals surface area contributed by atoms with E-state index in [4.69, 9.17) is 0 Å². The van der Waals surface area contributed by atoms with Crippen molar-refractivity contribution >= 4 is 27.6 Å². The maximum Gasteiger partial charge on any atom is 0.258 e. The molecule has 1 aromatic carbocycles. The molecule has 2 heterocycles. The molecule has 10 heteroatoms. The zero-order valence-corrected chi connectivity index (χ0v) is 17.9. The predicted molar refractivity (Wildman–Crippen MR) is 114 cm³/mol. The Labute approximate surface area is 175 Å². The van der Waals surface area contributed by atoms with E-state index < -0.39 is 15.7 Å². The lowest BCUT2D eigenvalue weighted by atomic mass is 10.1.